The summed E-state index contributed by atoms with van der Waals surface area (Å²) < 4.78 is 27.2. The predicted molar refractivity (Wildman–Crippen MR) is 110 cm³/mol. The average Bonchev–Trinajstić information content (AvgIpc) is 3.12. The van der Waals surface area contributed by atoms with Crippen molar-refractivity contribution in [1.82, 2.24) is 14.1 Å². The van der Waals surface area contributed by atoms with E-state index in [-0.39, 0.29) is 30.8 Å². The Balaban J connectivity index is 1.58. The van der Waals surface area contributed by atoms with Crippen LogP contribution in [0.3, 0.4) is 0 Å². The van der Waals surface area contributed by atoms with E-state index in [0.717, 1.165) is 12.0 Å². The summed E-state index contributed by atoms with van der Waals surface area (Å²) in [4.78, 5) is 27.5. The highest BCUT2D eigenvalue weighted by Crippen LogP contribution is 2.23. The molecule has 0 saturated carbocycles. The fourth-order valence-electron chi connectivity index (χ4n) is 3.36. The Morgan fingerprint density at radius 2 is 1.75 bits per heavy atom. The van der Waals surface area contributed by atoms with Crippen LogP contribution in [0.25, 0.3) is 0 Å². The summed E-state index contributed by atoms with van der Waals surface area (Å²) in [5, 5.41) is -0.0598. The van der Waals surface area contributed by atoms with Crippen molar-refractivity contribution in [3.05, 3.63) is 29.8 Å². The molecule has 2 aliphatic heterocycles. The van der Waals surface area contributed by atoms with Gasteiger partial charge in [-0.15, -0.1) is 0 Å². The normalized spacial score (nSPS) is 19.9. The van der Waals surface area contributed by atoms with Crippen molar-refractivity contribution >= 4 is 32.9 Å². The fourth-order valence-corrected chi connectivity index (χ4v) is 5.61. The summed E-state index contributed by atoms with van der Waals surface area (Å²) in [6.07, 6.45) is 1.00. The lowest BCUT2D eigenvalue weighted by Gasteiger charge is -2.34. The molecule has 28 heavy (non-hydrogen) atoms. The zero-order valence-corrected chi connectivity index (χ0v) is 18.0. The molecule has 0 radical (unpaired) electrons. The van der Waals surface area contributed by atoms with Crippen LogP contribution >= 0.6 is 11.8 Å². The van der Waals surface area contributed by atoms with E-state index in [1.165, 1.54) is 16.1 Å². The molecule has 7 nitrogen and oxygen atoms in total. The first-order valence-corrected chi connectivity index (χ1v) is 12.0. The van der Waals surface area contributed by atoms with E-state index in [2.05, 4.69) is 13.8 Å². The maximum Gasteiger partial charge on any atom is 0.282 e. The van der Waals surface area contributed by atoms with Crippen molar-refractivity contribution in [2.45, 2.75) is 31.1 Å². The molecule has 1 aromatic carbocycles. The third-order valence-electron chi connectivity index (χ3n) is 5.46. The summed E-state index contributed by atoms with van der Waals surface area (Å²) in [6, 6.07) is 7.10. The van der Waals surface area contributed by atoms with Gasteiger partial charge in [-0.2, -0.15) is 4.31 Å². The van der Waals surface area contributed by atoms with E-state index in [0.29, 0.717) is 36.2 Å². The van der Waals surface area contributed by atoms with Crippen LogP contribution in [-0.2, 0) is 14.8 Å². The number of rotatable bonds is 6. The minimum Gasteiger partial charge on any atom is -0.339 e. The molecule has 2 saturated heterocycles. The second-order valence-corrected chi connectivity index (χ2v) is 10.2. The third kappa shape index (κ3) is 4.52. The number of benzene rings is 1. The highest BCUT2D eigenvalue weighted by Gasteiger charge is 2.32. The molecular weight excluding hydrogens is 398 g/mol. The van der Waals surface area contributed by atoms with Gasteiger partial charge in [-0.1, -0.05) is 37.7 Å². The summed E-state index contributed by atoms with van der Waals surface area (Å²) >= 11 is 1.23. The first-order valence-electron chi connectivity index (χ1n) is 9.62. The Morgan fingerprint density at radius 3 is 2.29 bits per heavy atom. The largest absolute Gasteiger partial charge is 0.339 e. The van der Waals surface area contributed by atoms with Crippen LogP contribution in [0.2, 0.25) is 0 Å². The van der Waals surface area contributed by atoms with Crippen LogP contribution in [0.1, 0.15) is 31.7 Å². The maximum absolute atomic E-state index is 12.9. The number of hydrogen-bond acceptors (Lipinski definition) is 5. The number of thioether (sulfide) groups is 1. The first kappa shape index (κ1) is 21.1. The zero-order chi connectivity index (χ0) is 20.3. The van der Waals surface area contributed by atoms with Gasteiger partial charge in [0.2, 0.25) is 15.9 Å². The van der Waals surface area contributed by atoms with Gasteiger partial charge in [0.1, 0.15) is 6.54 Å². The van der Waals surface area contributed by atoms with Crippen LogP contribution in [0, 0.1) is 0 Å². The molecule has 154 valence electrons. The molecule has 9 heteroatoms. The summed E-state index contributed by atoms with van der Waals surface area (Å²) in [7, 11) is -3.56. The van der Waals surface area contributed by atoms with Crippen LogP contribution in [0.5, 0.6) is 0 Å². The highest BCUT2D eigenvalue weighted by molar-refractivity contribution is 8.13. The second-order valence-electron chi connectivity index (χ2n) is 7.20. The molecule has 2 aliphatic rings. The monoisotopic (exact) mass is 425 g/mol. The molecule has 1 atom stereocenters. The Morgan fingerprint density at radius 1 is 1.11 bits per heavy atom. The van der Waals surface area contributed by atoms with Crippen LogP contribution in [-0.4, -0.2) is 78.7 Å². The van der Waals surface area contributed by atoms with Gasteiger partial charge in [0, 0.05) is 38.5 Å². The van der Waals surface area contributed by atoms with Crippen molar-refractivity contribution < 1.29 is 18.0 Å². The Labute approximate surface area is 171 Å². The van der Waals surface area contributed by atoms with Gasteiger partial charge in [0.25, 0.3) is 5.24 Å². The van der Waals surface area contributed by atoms with Crippen molar-refractivity contribution in [2.75, 3.05) is 45.0 Å². The SMILES string of the molecule is CC[C@@H](C)c1ccc(S(=O)(=O)N2CCN(C(=O)CN3CCSC3=O)CC2)cc1. The van der Waals surface area contributed by atoms with Gasteiger partial charge >= 0.3 is 0 Å². The summed E-state index contributed by atoms with van der Waals surface area (Å²) in [5.41, 5.74) is 1.13. The lowest BCUT2D eigenvalue weighted by Crippen LogP contribution is -2.52. The van der Waals surface area contributed by atoms with E-state index in [9.17, 15) is 18.0 Å². The molecule has 0 aliphatic carbocycles. The van der Waals surface area contributed by atoms with Gasteiger partial charge in [-0.3, -0.25) is 9.59 Å². The quantitative estimate of drug-likeness (QED) is 0.698. The number of amides is 2. The molecule has 0 N–H and O–H groups in total. The lowest BCUT2D eigenvalue weighted by atomic mass is 9.99. The first-order chi connectivity index (χ1) is 13.3. The molecule has 2 amide bonds. The van der Waals surface area contributed by atoms with Crippen molar-refractivity contribution in [3.63, 3.8) is 0 Å². The second kappa shape index (κ2) is 8.84. The Hall–Kier alpha value is -1.58. The molecule has 3 rings (SSSR count). The Kier molecular flexibility index (Phi) is 6.67. The van der Waals surface area contributed by atoms with E-state index < -0.39 is 10.0 Å². The van der Waals surface area contributed by atoms with Gasteiger partial charge in [-0.05, 0) is 30.0 Å². The highest BCUT2D eigenvalue weighted by atomic mass is 32.2. The number of carbonyl (C=O) groups excluding carboxylic acids is 2. The van der Waals surface area contributed by atoms with E-state index in [1.807, 2.05) is 12.1 Å². The van der Waals surface area contributed by atoms with Crippen molar-refractivity contribution in [3.8, 4) is 0 Å². The van der Waals surface area contributed by atoms with Crippen LogP contribution < -0.4 is 0 Å². The molecule has 2 fully saturated rings. The standard InChI is InChI=1S/C19H27N3O4S2/c1-3-15(2)16-4-6-17(7-5-16)28(25,26)22-10-8-20(9-11-22)18(23)14-21-12-13-27-19(21)24/h4-7,15H,3,8-14H2,1-2H3/t15-/m1/s1. The lowest BCUT2D eigenvalue weighted by molar-refractivity contribution is -0.132. The molecule has 0 aromatic heterocycles. The minimum atomic E-state index is -3.56. The number of carbonyl (C=O) groups is 2. The van der Waals surface area contributed by atoms with Crippen molar-refractivity contribution in [2.24, 2.45) is 0 Å². The average molecular weight is 426 g/mol. The van der Waals surface area contributed by atoms with Crippen LogP contribution in [0.15, 0.2) is 29.2 Å². The minimum absolute atomic E-state index is 0.0598. The van der Waals surface area contributed by atoms with Crippen LogP contribution in [0.4, 0.5) is 4.79 Å². The number of piperazine rings is 1. The van der Waals surface area contributed by atoms with Gasteiger partial charge in [-0.25, -0.2) is 8.42 Å². The van der Waals surface area contributed by atoms with Crippen molar-refractivity contribution in [1.29, 1.82) is 0 Å². The molecular formula is C19H27N3O4S2. The van der Waals surface area contributed by atoms with Gasteiger partial charge in [0.15, 0.2) is 0 Å². The third-order valence-corrected chi connectivity index (χ3v) is 8.27. The molecule has 0 bridgehead atoms. The van der Waals surface area contributed by atoms with E-state index in [1.54, 1.807) is 21.9 Å². The van der Waals surface area contributed by atoms with E-state index >= 15 is 0 Å². The van der Waals surface area contributed by atoms with Gasteiger partial charge in [0.05, 0.1) is 4.90 Å². The molecule has 2 heterocycles. The summed E-state index contributed by atoms with van der Waals surface area (Å²) in [6.45, 7) is 6.12. The molecule has 0 unspecified atom stereocenters. The number of nitrogens with zero attached hydrogens (tertiary/aromatic N) is 3. The number of sulfonamides is 1. The zero-order valence-electron chi connectivity index (χ0n) is 16.3. The van der Waals surface area contributed by atoms with E-state index in [4.69, 9.17) is 0 Å². The van der Waals surface area contributed by atoms with Gasteiger partial charge < -0.3 is 9.80 Å². The smallest absolute Gasteiger partial charge is 0.282 e. The number of hydrogen-bond donors (Lipinski definition) is 0. The maximum atomic E-state index is 12.9. The molecule has 1 aromatic rings. The predicted octanol–water partition coefficient (Wildman–Crippen LogP) is 2.20. The fraction of sp³-hybridized carbons (Fsp3) is 0.579. The molecule has 0 spiro atoms. The summed E-state index contributed by atoms with van der Waals surface area (Å²) in [5.74, 6) is 0.992. The Bertz CT molecular complexity index is 818. The topological polar surface area (TPSA) is 78.0 Å².